The highest BCUT2D eigenvalue weighted by atomic mass is 19.1. The van der Waals surface area contributed by atoms with Gasteiger partial charge in [-0.05, 0) is 43.2 Å². The third-order valence-corrected chi connectivity index (χ3v) is 4.17. The normalized spacial score (nSPS) is 11.4. The van der Waals surface area contributed by atoms with Crippen molar-refractivity contribution in [1.82, 2.24) is 10.2 Å². The average molecular weight is 373 g/mol. The Balaban J connectivity index is 1.96. The number of aryl methyl sites for hydroxylation is 1. The van der Waals surface area contributed by atoms with E-state index in [1.807, 2.05) is 50.1 Å². The number of nitrogens with one attached hydrogen (secondary N) is 1. The van der Waals surface area contributed by atoms with E-state index in [0.717, 1.165) is 29.4 Å². The fraction of sp³-hybridized carbons (Fsp3) is 0.381. The van der Waals surface area contributed by atoms with Crippen LogP contribution in [0.2, 0.25) is 0 Å². The second kappa shape index (κ2) is 10.5. The van der Waals surface area contributed by atoms with Crippen LogP contribution in [0.15, 0.2) is 47.5 Å². The van der Waals surface area contributed by atoms with Crippen LogP contribution in [0.1, 0.15) is 23.6 Å². The fourth-order valence-corrected chi connectivity index (χ4v) is 2.60. The van der Waals surface area contributed by atoms with Gasteiger partial charge in [0, 0.05) is 19.2 Å². The Labute approximate surface area is 160 Å². The Bertz CT molecular complexity index is 765. The fourth-order valence-electron chi connectivity index (χ4n) is 2.60. The number of nitrogens with zero attached hydrogens (tertiary/aromatic N) is 2. The van der Waals surface area contributed by atoms with Gasteiger partial charge in [0.15, 0.2) is 5.96 Å². The summed E-state index contributed by atoms with van der Waals surface area (Å²) in [4.78, 5) is 6.60. The molecule has 0 radical (unpaired) electrons. The highest BCUT2D eigenvalue weighted by molar-refractivity contribution is 5.79. The first kappa shape index (κ1) is 20.7. The van der Waals surface area contributed by atoms with Crippen molar-refractivity contribution in [2.75, 3.05) is 26.7 Å². The number of halogens is 1. The summed E-state index contributed by atoms with van der Waals surface area (Å²) in [5, 5.41) is 12.4. The first-order valence-corrected chi connectivity index (χ1v) is 9.11. The molecule has 0 aromatic heterocycles. The van der Waals surface area contributed by atoms with Crippen molar-refractivity contribution in [2.45, 2.75) is 27.0 Å². The van der Waals surface area contributed by atoms with E-state index >= 15 is 0 Å². The molecule has 2 aromatic rings. The molecule has 27 heavy (non-hydrogen) atoms. The molecular weight excluding hydrogens is 345 g/mol. The first-order chi connectivity index (χ1) is 13.0. The third-order valence-electron chi connectivity index (χ3n) is 4.17. The van der Waals surface area contributed by atoms with Crippen molar-refractivity contribution in [3.63, 3.8) is 0 Å². The van der Waals surface area contributed by atoms with Gasteiger partial charge >= 0.3 is 0 Å². The molecule has 0 aliphatic heterocycles. The minimum atomic E-state index is -0.400. The van der Waals surface area contributed by atoms with E-state index in [4.69, 9.17) is 4.74 Å². The molecule has 0 amide bonds. The summed E-state index contributed by atoms with van der Waals surface area (Å²) >= 11 is 0. The van der Waals surface area contributed by atoms with Gasteiger partial charge in [-0.1, -0.05) is 24.3 Å². The first-order valence-electron chi connectivity index (χ1n) is 9.11. The summed E-state index contributed by atoms with van der Waals surface area (Å²) in [6.45, 7) is 6.07. The van der Waals surface area contributed by atoms with E-state index < -0.39 is 5.82 Å². The highest BCUT2D eigenvalue weighted by Gasteiger charge is 2.07. The van der Waals surface area contributed by atoms with Crippen LogP contribution in [0, 0.1) is 12.7 Å². The molecule has 6 heteroatoms. The van der Waals surface area contributed by atoms with Crippen LogP contribution >= 0.6 is 0 Å². The van der Waals surface area contributed by atoms with Crippen LogP contribution in [0.3, 0.4) is 0 Å². The van der Waals surface area contributed by atoms with Gasteiger partial charge in [0.1, 0.15) is 18.2 Å². The summed E-state index contributed by atoms with van der Waals surface area (Å²) in [6.07, 6.45) is 0. The molecule has 0 saturated carbocycles. The summed E-state index contributed by atoms with van der Waals surface area (Å²) in [6, 6.07) is 12.6. The van der Waals surface area contributed by atoms with Crippen molar-refractivity contribution < 1.29 is 14.2 Å². The molecule has 0 spiro atoms. The SMILES string of the molecule is CCNC(=NCc1ccc(F)c(CO)c1)N(C)CCOc1ccccc1C. The number of hydrogen-bond acceptors (Lipinski definition) is 3. The lowest BCUT2D eigenvalue weighted by Gasteiger charge is -2.22. The Kier molecular flexibility index (Phi) is 8.07. The number of aliphatic hydroxyl groups excluding tert-OH is 1. The molecule has 2 aromatic carbocycles. The number of hydrogen-bond donors (Lipinski definition) is 2. The maximum absolute atomic E-state index is 13.5. The van der Waals surface area contributed by atoms with Crippen molar-refractivity contribution in [2.24, 2.45) is 4.99 Å². The van der Waals surface area contributed by atoms with Gasteiger partial charge in [-0.3, -0.25) is 0 Å². The predicted octanol–water partition coefficient (Wildman–Crippen LogP) is 3.10. The lowest BCUT2D eigenvalue weighted by molar-refractivity contribution is 0.275. The predicted molar refractivity (Wildman–Crippen MR) is 106 cm³/mol. The van der Waals surface area contributed by atoms with Crippen molar-refractivity contribution >= 4 is 5.96 Å². The second-order valence-electron chi connectivity index (χ2n) is 6.29. The third kappa shape index (κ3) is 6.25. The zero-order valence-corrected chi connectivity index (χ0v) is 16.2. The van der Waals surface area contributed by atoms with Gasteiger partial charge in [-0.2, -0.15) is 0 Å². The number of ether oxygens (including phenoxy) is 1. The molecule has 146 valence electrons. The Morgan fingerprint density at radius 3 is 2.74 bits per heavy atom. The molecule has 0 aliphatic rings. The molecule has 0 fully saturated rings. The van der Waals surface area contributed by atoms with Gasteiger partial charge < -0.3 is 20.1 Å². The van der Waals surface area contributed by atoms with Crippen LogP contribution in [-0.2, 0) is 13.2 Å². The molecule has 0 saturated heterocycles. The molecule has 0 atom stereocenters. The van der Waals surface area contributed by atoms with Gasteiger partial charge in [0.25, 0.3) is 0 Å². The van der Waals surface area contributed by atoms with E-state index in [0.29, 0.717) is 19.7 Å². The second-order valence-corrected chi connectivity index (χ2v) is 6.29. The number of para-hydroxylation sites is 1. The van der Waals surface area contributed by atoms with Gasteiger partial charge in [-0.25, -0.2) is 9.38 Å². The molecule has 0 heterocycles. The van der Waals surface area contributed by atoms with E-state index in [1.54, 1.807) is 12.1 Å². The van der Waals surface area contributed by atoms with Crippen LogP contribution in [0.5, 0.6) is 5.75 Å². The minimum absolute atomic E-state index is 0.285. The smallest absolute Gasteiger partial charge is 0.194 e. The lowest BCUT2D eigenvalue weighted by atomic mass is 10.1. The van der Waals surface area contributed by atoms with Crippen LogP contribution in [0.4, 0.5) is 4.39 Å². The van der Waals surface area contributed by atoms with Crippen molar-refractivity contribution in [3.8, 4) is 5.75 Å². The number of aliphatic hydroxyl groups is 1. The maximum atomic E-state index is 13.5. The van der Waals surface area contributed by atoms with Gasteiger partial charge in [0.05, 0.1) is 19.7 Å². The summed E-state index contributed by atoms with van der Waals surface area (Å²) in [7, 11) is 1.95. The van der Waals surface area contributed by atoms with Crippen LogP contribution in [-0.4, -0.2) is 42.7 Å². The standard InChI is InChI=1S/C21H28FN3O2/c1-4-23-21(24-14-17-9-10-19(22)18(13-17)15-26)25(3)11-12-27-20-8-6-5-7-16(20)2/h5-10,13,26H,4,11-12,14-15H2,1-3H3,(H,23,24). The van der Waals surface area contributed by atoms with E-state index in [9.17, 15) is 9.50 Å². The molecule has 2 rings (SSSR count). The molecule has 0 aliphatic carbocycles. The largest absolute Gasteiger partial charge is 0.491 e. The highest BCUT2D eigenvalue weighted by Crippen LogP contribution is 2.16. The van der Waals surface area contributed by atoms with Crippen molar-refractivity contribution in [1.29, 1.82) is 0 Å². The summed E-state index contributed by atoms with van der Waals surface area (Å²) < 4.78 is 19.3. The summed E-state index contributed by atoms with van der Waals surface area (Å²) in [5.74, 6) is 1.24. The molecule has 5 nitrogen and oxygen atoms in total. The molecular formula is C21H28FN3O2. The average Bonchev–Trinajstić information content (AvgIpc) is 2.67. The van der Waals surface area contributed by atoms with Gasteiger partial charge in [0.2, 0.25) is 0 Å². The maximum Gasteiger partial charge on any atom is 0.194 e. The molecule has 0 unspecified atom stereocenters. The zero-order valence-electron chi connectivity index (χ0n) is 16.2. The van der Waals surface area contributed by atoms with Crippen LogP contribution < -0.4 is 10.1 Å². The zero-order chi connectivity index (χ0) is 19.6. The Morgan fingerprint density at radius 2 is 2.04 bits per heavy atom. The van der Waals surface area contributed by atoms with Crippen LogP contribution in [0.25, 0.3) is 0 Å². The van der Waals surface area contributed by atoms with E-state index in [1.165, 1.54) is 6.07 Å². The quantitative estimate of drug-likeness (QED) is 0.551. The summed E-state index contributed by atoms with van der Waals surface area (Å²) in [5.41, 5.74) is 2.24. The monoisotopic (exact) mass is 373 g/mol. The topological polar surface area (TPSA) is 57.1 Å². The molecule has 0 bridgehead atoms. The number of likely N-dealkylation sites (N-methyl/N-ethyl adjacent to an activating group) is 1. The van der Waals surface area contributed by atoms with Crippen molar-refractivity contribution in [3.05, 3.63) is 65.0 Å². The Hall–Kier alpha value is -2.60. The number of rotatable bonds is 8. The van der Waals surface area contributed by atoms with E-state index in [2.05, 4.69) is 10.3 Å². The lowest BCUT2D eigenvalue weighted by Crippen LogP contribution is -2.40. The van der Waals surface area contributed by atoms with E-state index in [-0.39, 0.29) is 12.2 Å². The number of aliphatic imine (C=N–C) groups is 1. The van der Waals surface area contributed by atoms with Gasteiger partial charge in [-0.15, -0.1) is 0 Å². The number of guanidine groups is 1. The minimum Gasteiger partial charge on any atom is -0.491 e. The Morgan fingerprint density at radius 1 is 1.26 bits per heavy atom. The molecule has 2 N–H and O–H groups in total. The number of benzene rings is 2.